The fourth-order valence-electron chi connectivity index (χ4n) is 2.24. The molecule has 0 aliphatic rings. The Morgan fingerprint density at radius 3 is 2.46 bits per heavy atom. The lowest BCUT2D eigenvalue weighted by Gasteiger charge is -2.11. The van der Waals surface area contributed by atoms with Gasteiger partial charge in [0.15, 0.2) is 6.10 Å². The number of esters is 2. The van der Waals surface area contributed by atoms with Crippen LogP contribution in [0.25, 0.3) is 11.4 Å². The molecule has 3 aromatic rings. The van der Waals surface area contributed by atoms with Crippen LogP contribution >= 0.6 is 0 Å². The van der Waals surface area contributed by atoms with Gasteiger partial charge in [0.05, 0.1) is 18.2 Å². The summed E-state index contributed by atoms with van der Waals surface area (Å²) in [4.78, 5) is 32.4. The van der Waals surface area contributed by atoms with Crippen molar-refractivity contribution in [2.45, 2.75) is 13.0 Å². The summed E-state index contributed by atoms with van der Waals surface area (Å²) in [6.45, 7) is 1.60. The van der Waals surface area contributed by atoms with Crippen molar-refractivity contribution in [1.82, 2.24) is 15.1 Å². The van der Waals surface area contributed by atoms with Crippen LogP contribution in [0, 0.1) is 0 Å². The fraction of sp³-hybridized carbons (Fsp3) is 0.167. The fourth-order valence-corrected chi connectivity index (χ4v) is 2.24. The van der Waals surface area contributed by atoms with E-state index in [1.807, 2.05) is 0 Å². The van der Waals surface area contributed by atoms with Crippen molar-refractivity contribution in [3.63, 3.8) is 0 Å². The molecule has 8 heteroatoms. The minimum Gasteiger partial charge on any atom is -0.465 e. The number of rotatable bonds is 5. The van der Waals surface area contributed by atoms with Crippen molar-refractivity contribution in [3.05, 3.63) is 65.8 Å². The van der Waals surface area contributed by atoms with Crippen LogP contribution in [0.15, 0.2) is 53.3 Å². The van der Waals surface area contributed by atoms with Crippen molar-refractivity contribution in [2.24, 2.45) is 0 Å². The first-order valence-corrected chi connectivity index (χ1v) is 7.72. The summed E-state index contributed by atoms with van der Waals surface area (Å²) in [5.41, 5.74) is 0.893. The van der Waals surface area contributed by atoms with Gasteiger partial charge in [0.2, 0.25) is 5.82 Å². The van der Waals surface area contributed by atoms with E-state index >= 15 is 0 Å². The number of hydrogen-bond acceptors (Lipinski definition) is 8. The van der Waals surface area contributed by atoms with Crippen LogP contribution in [-0.4, -0.2) is 34.2 Å². The molecule has 0 bridgehead atoms. The second-order valence-electron chi connectivity index (χ2n) is 5.28. The summed E-state index contributed by atoms with van der Waals surface area (Å²) in [7, 11) is 1.24. The van der Waals surface area contributed by atoms with Gasteiger partial charge in [-0.25, -0.2) is 9.59 Å². The van der Waals surface area contributed by atoms with Crippen molar-refractivity contribution in [3.8, 4) is 11.4 Å². The van der Waals surface area contributed by atoms with Gasteiger partial charge in [0.25, 0.3) is 5.89 Å². The number of benzene rings is 1. The molecule has 132 valence electrons. The molecule has 1 atom stereocenters. The number of aromatic nitrogens is 3. The first kappa shape index (κ1) is 17.3. The van der Waals surface area contributed by atoms with E-state index in [0.29, 0.717) is 11.4 Å². The van der Waals surface area contributed by atoms with Crippen molar-refractivity contribution < 1.29 is 23.6 Å². The highest BCUT2D eigenvalue weighted by Crippen LogP contribution is 2.22. The largest absolute Gasteiger partial charge is 0.465 e. The predicted octanol–water partition coefficient (Wildman–Crippen LogP) is 2.84. The number of carbonyl (C=O) groups is 2. The molecule has 0 aliphatic carbocycles. The van der Waals surface area contributed by atoms with E-state index in [1.54, 1.807) is 43.6 Å². The minimum atomic E-state index is -0.800. The summed E-state index contributed by atoms with van der Waals surface area (Å²) in [5.74, 6) is -0.847. The smallest absolute Gasteiger partial charge is 0.339 e. The summed E-state index contributed by atoms with van der Waals surface area (Å²) >= 11 is 0. The molecule has 2 heterocycles. The average Bonchev–Trinajstić information content (AvgIpc) is 3.18. The summed E-state index contributed by atoms with van der Waals surface area (Å²) < 4.78 is 15.2. The van der Waals surface area contributed by atoms with Crippen LogP contribution in [0.5, 0.6) is 0 Å². The third-order valence-electron chi connectivity index (χ3n) is 3.55. The van der Waals surface area contributed by atoms with Gasteiger partial charge in [0.1, 0.15) is 0 Å². The van der Waals surface area contributed by atoms with Crippen LogP contribution in [0.4, 0.5) is 0 Å². The molecule has 0 saturated heterocycles. The van der Waals surface area contributed by atoms with Crippen LogP contribution in [0.2, 0.25) is 0 Å². The van der Waals surface area contributed by atoms with Gasteiger partial charge in [-0.3, -0.25) is 4.98 Å². The molecule has 0 N–H and O–H groups in total. The Labute approximate surface area is 148 Å². The number of nitrogens with zero attached hydrogens (tertiary/aromatic N) is 3. The maximum Gasteiger partial charge on any atom is 0.339 e. The Hall–Kier alpha value is -3.55. The highest BCUT2D eigenvalue weighted by molar-refractivity contribution is 6.03. The molecule has 1 unspecified atom stereocenters. The number of pyridine rings is 1. The molecule has 26 heavy (non-hydrogen) atoms. The number of ether oxygens (including phenoxy) is 2. The molecule has 0 saturated carbocycles. The van der Waals surface area contributed by atoms with Crippen LogP contribution in [0.1, 0.15) is 39.6 Å². The first-order chi connectivity index (χ1) is 12.6. The maximum atomic E-state index is 12.4. The number of methoxy groups -OCH3 is 1. The Morgan fingerprint density at radius 1 is 1.08 bits per heavy atom. The third kappa shape index (κ3) is 3.59. The molecule has 0 amide bonds. The Morgan fingerprint density at radius 2 is 1.81 bits per heavy atom. The summed E-state index contributed by atoms with van der Waals surface area (Å²) in [6.07, 6.45) is 2.43. The molecule has 0 spiro atoms. The van der Waals surface area contributed by atoms with E-state index in [1.165, 1.54) is 19.2 Å². The highest BCUT2D eigenvalue weighted by Gasteiger charge is 2.23. The topological polar surface area (TPSA) is 104 Å². The Kier molecular flexibility index (Phi) is 5.02. The molecule has 8 nitrogen and oxygen atoms in total. The zero-order valence-corrected chi connectivity index (χ0v) is 14.1. The average molecular weight is 353 g/mol. The van der Waals surface area contributed by atoms with E-state index < -0.39 is 18.0 Å². The van der Waals surface area contributed by atoms with Gasteiger partial charge in [-0.1, -0.05) is 17.3 Å². The highest BCUT2D eigenvalue weighted by atomic mass is 16.6. The Bertz CT molecular complexity index is 923. The molecule has 1 aromatic carbocycles. The lowest BCUT2D eigenvalue weighted by atomic mass is 10.1. The molecule has 3 rings (SSSR count). The number of carbonyl (C=O) groups excluding carboxylic acids is 2. The lowest BCUT2D eigenvalue weighted by Crippen LogP contribution is -2.14. The van der Waals surface area contributed by atoms with E-state index in [0.717, 1.165) is 0 Å². The van der Waals surface area contributed by atoms with Gasteiger partial charge in [-0.2, -0.15) is 4.98 Å². The minimum absolute atomic E-state index is 0.0956. The molecule has 0 radical (unpaired) electrons. The number of hydrogen-bond donors (Lipinski definition) is 0. The van der Waals surface area contributed by atoms with Crippen LogP contribution in [-0.2, 0) is 9.47 Å². The Balaban J connectivity index is 1.77. The van der Waals surface area contributed by atoms with E-state index in [9.17, 15) is 9.59 Å². The predicted molar refractivity (Wildman–Crippen MR) is 89.1 cm³/mol. The van der Waals surface area contributed by atoms with Crippen molar-refractivity contribution >= 4 is 11.9 Å². The van der Waals surface area contributed by atoms with E-state index in [-0.39, 0.29) is 17.0 Å². The second kappa shape index (κ2) is 7.56. The van der Waals surface area contributed by atoms with Crippen LogP contribution in [0.3, 0.4) is 0 Å². The summed E-state index contributed by atoms with van der Waals surface area (Å²) in [5, 5.41) is 3.86. The van der Waals surface area contributed by atoms with Gasteiger partial charge in [-0.15, -0.1) is 0 Å². The van der Waals surface area contributed by atoms with Gasteiger partial charge < -0.3 is 14.0 Å². The first-order valence-electron chi connectivity index (χ1n) is 7.72. The van der Waals surface area contributed by atoms with Gasteiger partial charge >= 0.3 is 11.9 Å². The van der Waals surface area contributed by atoms with Crippen molar-refractivity contribution in [1.29, 1.82) is 0 Å². The monoisotopic (exact) mass is 353 g/mol. The zero-order valence-electron chi connectivity index (χ0n) is 14.1. The summed E-state index contributed by atoms with van der Waals surface area (Å²) in [6, 6.07) is 9.76. The lowest BCUT2D eigenvalue weighted by molar-refractivity contribution is 0.0259. The van der Waals surface area contributed by atoms with E-state index in [4.69, 9.17) is 9.26 Å². The maximum absolute atomic E-state index is 12.4. The van der Waals surface area contributed by atoms with Gasteiger partial charge in [-0.05, 0) is 31.2 Å². The molecule has 0 aliphatic heterocycles. The quantitative estimate of drug-likeness (QED) is 0.645. The second-order valence-corrected chi connectivity index (χ2v) is 5.28. The van der Waals surface area contributed by atoms with Gasteiger partial charge in [0, 0.05) is 18.0 Å². The third-order valence-corrected chi connectivity index (χ3v) is 3.55. The standard InChI is InChI=1S/C18H15N3O5/c1-11(16-20-15(21-26-16)12-6-5-9-19-10-12)25-18(23)14-8-4-3-7-13(14)17(22)24-2/h3-11H,1-2H3. The van der Waals surface area contributed by atoms with Crippen LogP contribution < -0.4 is 0 Å². The van der Waals surface area contributed by atoms with Crippen molar-refractivity contribution in [2.75, 3.05) is 7.11 Å². The molecule has 0 fully saturated rings. The molecule has 2 aromatic heterocycles. The SMILES string of the molecule is COC(=O)c1ccccc1C(=O)OC(C)c1nc(-c2cccnc2)no1. The zero-order chi connectivity index (χ0) is 18.5. The normalized spacial score (nSPS) is 11.6. The molecular formula is C18H15N3O5. The van der Waals surface area contributed by atoms with E-state index in [2.05, 4.69) is 19.9 Å². The molecular weight excluding hydrogens is 338 g/mol.